The maximum absolute atomic E-state index is 14.9. The number of hydrogen-bond donors (Lipinski definition) is 2. The van der Waals surface area contributed by atoms with Gasteiger partial charge in [-0.1, -0.05) is 29.3 Å². The van der Waals surface area contributed by atoms with Gasteiger partial charge in [0, 0.05) is 58.4 Å². The number of ether oxygens (including phenoxy) is 1. The third kappa shape index (κ3) is 5.36. The number of carboxylic acid groups (broad SMARTS) is 1. The van der Waals surface area contributed by atoms with Gasteiger partial charge in [0.25, 0.3) is 5.91 Å². The van der Waals surface area contributed by atoms with Crippen molar-refractivity contribution in [2.75, 3.05) is 18.1 Å². The summed E-state index contributed by atoms with van der Waals surface area (Å²) in [5, 5.41) is 20.6. The number of carbonyl (C=O) groups excluding carboxylic acids is 1. The average molecular weight is 699 g/mol. The van der Waals surface area contributed by atoms with Gasteiger partial charge in [-0.05, 0) is 101 Å². The smallest absolute Gasteiger partial charge is 0.335 e. The highest BCUT2D eigenvalue weighted by Gasteiger charge is 2.37. The molecule has 7 rings (SSSR count). The van der Waals surface area contributed by atoms with Crippen LogP contribution in [0, 0.1) is 27.7 Å². The maximum atomic E-state index is 14.9. The summed E-state index contributed by atoms with van der Waals surface area (Å²) in [4.78, 5) is 28.9. The van der Waals surface area contributed by atoms with Crippen molar-refractivity contribution in [3.63, 3.8) is 0 Å². The molecule has 6 aromatic rings. The van der Waals surface area contributed by atoms with Crippen molar-refractivity contribution in [2.45, 2.75) is 53.5 Å². The molecule has 3 aromatic carbocycles. The molecule has 0 aliphatic carbocycles. The Morgan fingerprint density at radius 3 is 2.45 bits per heavy atom. The fourth-order valence-electron chi connectivity index (χ4n) is 7.42. The normalized spacial score (nSPS) is 14.7. The Bertz CT molecular complexity index is 2290. The van der Waals surface area contributed by atoms with E-state index in [9.17, 15) is 14.7 Å². The summed E-state index contributed by atoms with van der Waals surface area (Å²) in [6, 6.07) is 12.8. The molecule has 1 aliphatic heterocycles. The first kappa shape index (κ1) is 32.8. The van der Waals surface area contributed by atoms with E-state index in [0.717, 1.165) is 71.8 Å². The van der Waals surface area contributed by atoms with Crippen molar-refractivity contribution >= 4 is 62.6 Å². The zero-order valence-corrected chi connectivity index (χ0v) is 29.8. The second kappa shape index (κ2) is 12.3. The van der Waals surface area contributed by atoms with Crippen LogP contribution in [0.4, 0.5) is 5.69 Å². The minimum atomic E-state index is -1.05. The van der Waals surface area contributed by atoms with Crippen LogP contribution in [0.15, 0.2) is 48.7 Å². The fourth-order valence-corrected chi connectivity index (χ4v) is 7.78. The fraction of sp³-hybridized carbons (Fsp3) is 0.289. The molecular formula is C38H37Cl2N5O4. The Morgan fingerprint density at radius 2 is 1.78 bits per heavy atom. The van der Waals surface area contributed by atoms with E-state index in [1.54, 1.807) is 17.0 Å². The van der Waals surface area contributed by atoms with E-state index < -0.39 is 5.97 Å². The summed E-state index contributed by atoms with van der Waals surface area (Å²) < 4.78 is 10.2. The summed E-state index contributed by atoms with van der Waals surface area (Å²) in [5.74, 6) is -0.485. The van der Waals surface area contributed by atoms with Gasteiger partial charge in [-0.25, -0.2) is 4.79 Å². The van der Waals surface area contributed by atoms with Gasteiger partial charge in [0.1, 0.15) is 11.4 Å². The van der Waals surface area contributed by atoms with Crippen molar-refractivity contribution in [2.24, 2.45) is 7.05 Å². The third-order valence-electron chi connectivity index (χ3n) is 9.70. The molecule has 3 aromatic heterocycles. The number of nitrogens with zero attached hydrogens (tertiary/aromatic N) is 4. The third-order valence-corrected chi connectivity index (χ3v) is 10.6. The summed E-state index contributed by atoms with van der Waals surface area (Å²) >= 11 is 13.4. The standard InChI is InChI=1S/C38H37Cl2N5O4/c1-19-14-25(15-20(2)34(19)40)49-13-7-8-26-27-9-10-29(39)33(32-22(4)41-42-23(32)5)35(27)45-21(3)18-44(37(46)36(26)45)31-17-24(38(47)48)16-30-28(31)11-12-43(30)6/h9-12,14-17,21H,7-8,13,18H2,1-6H3,(H,41,42)(H,47,48)/t21-/m1/s1. The van der Waals surface area contributed by atoms with E-state index in [4.69, 9.17) is 27.9 Å². The monoisotopic (exact) mass is 697 g/mol. The number of nitrogens with one attached hydrogen (secondary N) is 1. The molecule has 0 saturated carbocycles. The first-order valence-corrected chi connectivity index (χ1v) is 17.0. The number of halogens is 2. The van der Waals surface area contributed by atoms with Gasteiger partial charge >= 0.3 is 5.97 Å². The molecular weight excluding hydrogens is 661 g/mol. The Morgan fingerprint density at radius 1 is 1.04 bits per heavy atom. The first-order chi connectivity index (χ1) is 23.4. The lowest BCUT2D eigenvalue weighted by molar-refractivity contribution is 0.0696. The Hall–Kier alpha value is -4.73. The highest BCUT2D eigenvalue weighted by molar-refractivity contribution is 6.35. The van der Waals surface area contributed by atoms with Gasteiger partial charge in [0.15, 0.2) is 0 Å². The van der Waals surface area contributed by atoms with Crippen LogP contribution in [-0.2, 0) is 13.5 Å². The van der Waals surface area contributed by atoms with Gasteiger partial charge in [-0.2, -0.15) is 5.10 Å². The largest absolute Gasteiger partial charge is 0.494 e. The van der Waals surface area contributed by atoms with Gasteiger partial charge < -0.3 is 23.9 Å². The molecule has 9 nitrogen and oxygen atoms in total. The summed E-state index contributed by atoms with van der Waals surface area (Å²) in [5.41, 5.74) is 9.18. The molecule has 1 aliphatic rings. The molecule has 2 N–H and O–H groups in total. The van der Waals surface area contributed by atoms with Gasteiger partial charge in [-0.3, -0.25) is 9.89 Å². The number of hydrogen-bond acceptors (Lipinski definition) is 4. The quantitative estimate of drug-likeness (QED) is 0.155. The number of H-pyrrole nitrogens is 1. The number of amides is 1. The van der Waals surface area contributed by atoms with E-state index >= 15 is 0 Å². The van der Waals surface area contributed by atoms with Crippen LogP contribution >= 0.6 is 23.2 Å². The molecule has 0 spiro atoms. The predicted octanol–water partition coefficient (Wildman–Crippen LogP) is 8.99. The average Bonchev–Trinajstić information content (AvgIpc) is 3.72. The molecule has 0 fully saturated rings. The SMILES string of the molecule is Cc1cc(OCCCc2c3n(c4c(-c5c(C)n[nH]c5C)c(Cl)ccc24)[C@H](C)CN(c2cc(C(=O)O)cc4c2ccn4C)C3=O)cc(C)c1Cl. The van der Waals surface area contributed by atoms with E-state index in [-0.39, 0.29) is 17.5 Å². The summed E-state index contributed by atoms with van der Waals surface area (Å²) in [6.45, 7) is 10.7. The van der Waals surface area contributed by atoms with Gasteiger partial charge in [0.2, 0.25) is 0 Å². The number of aromatic nitrogens is 4. The molecule has 252 valence electrons. The van der Waals surface area contributed by atoms with Crippen LogP contribution in [0.3, 0.4) is 0 Å². The van der Waals surface area contributed by atoms with Crippen molar-refractivity contribution in [1.29, 1.82) is 0 Å². The van der Waals surface area contributed by atoms with Gasteiger partial charge in [0.05, 0.1) is 39.6 Å². The highest BCUT2D eigenvalue weighted by atomic mass is 35.5. The minimum absolute atomic E-state index is 0.126. The number of fused-ring (bicyclic) bond motifs is 4. The number of aromatic amines is 1. The van der Waals surface area contributed by atoms with E-state index in [0.29, 0.717) is 42.4 Å². The Kier molecular flexibility index (Phi) is 8.24. The lowest BCUT2D eigenvalue weighted by Crippen LogP contribution is -2.43. The number of benzene rings is 3. The molecule has 0 saturated heterocycles. The van der Waals surface area contributed by atoms with Crippen molar-refractivity contribution in [3.8, 4) is 16.9 Å². The van der Waals surface area contributed by atoms with Crippen LogP contribution in [0.1, 0.15) is 68.3 Å². The minimum Gasteiger partial charge on any atom is -0.494 e. The molecule has 4 heterocycles. The van der Waals surface area contributed by atoms with E-state index in [1.165, 1.54) is 0 Å². The predicted molar refractivity (Wildman–Crippen MR) is 195 cm³/mol. The van der Waals surface area contributed by atoms with Crippen LogP contribution < -0.4 is 9.64 Å². The maximum Gasteiger partial charge on any atom is 0.335 e. The molecule has 1 atom stereocenters. The summed E-state index contributed by atoms with van der Waals surface area (Å²) in [7, 11) is 1.87. The molecule has 49 heavy (non-hydrogen) atoms. The lowest BCUT2D eigenvalue weighted by atomic mass is 9.98. The molecule has 1 amide bonds. The first-order valence-electron chi connectivity index (χ1n) is 16.3. The number of rotatable bonds is 8. The number of aryl methyl sites for hydroxylation is 6. The van der Waals surface area contributed by atoms with Crippen LogP contribution in [0.25, 0.3) is 32.9 Å². The molecule has 0 radical (unpaired) electrons. The zero-order chi connectivity index (χ0) is 34.9. The Labute approximate surface area is 294 Å². The number of carbonyl (C=O) groups is 2. The number of carboxylic acids is 1. The molecule has 0 unspecified atom stereocenters. The van der Waals surface area contributed by atoms with Crippen molar-refractivity contribution in [3.05, 3.63) is 98.0 Å². The zero-order valence-electron chi connectivity index (χ0n) is 28.2. The Balaban J connectivity index is 1.38. The van der Waals surface area contributed by atoms with Gasteiger partial charge in [-0.15, -0.1) is 0 Å². The molecule has 0 bridgehead atoms. The number of aromatic carboxylic acids is 1. The van der Waals surface area contributed by atoms with Crippen molar-refractivity contribution < 1.29 is 19.4 Å². The molecule has 11 heteroatoms. The lowest BCUT2D eigenvalue weighted by Gasteiger charge is -2.35. The van der Waals surface area contributed by atoms with Crippen molar-refractivity contribution in [1.82, 2.24) is 19.3 Å². The van der Waals surface area contributed by atoms with Crippen LogP contribution in [0.2, 0.25) is 10.0 Å². The topological polar surface area (TPSA) is 105 Å². The highest BCUT2D eigenvalue weighted by Crippen LogP contribution is 2.45. The van der Waals surface area contributed by atoms with E-state index in [2.05, 4.69) is 21.7 Å². The summed E-state index contributed by atoms with van der Waals surface area (Å²) in [6.07, 6.45) is 3.10. The van der Waals surface area contributed by atoms with Crippen LogP contribution in [0.5, 0.6) is 5.75 Å². The number of anilines is 1. The second-order valence-electron chi connectivity index (χ2n) is 13.1. The van der Waals surface area contributed by atoms with Crippen LogP contribution in [-0.4, -0.2) is 49.5 Å². The van der Waals surface area contributed by atoms with E-state index in [1.807, 2.05) is 75.8 Å². The second-order valence-corrected chi connectivity index (χ2v) is 13.9.